The van der Waals surface area contributed by atoms with Gasteiger partial charge < -0.3 is 44.7 Å². The van der Waals surface area contributed by atoms with Crippen molar-refractivity contribution in [3.8, 4) is 11.6 Å². The molecule has 4 aliphatic rings. The molecule has 0 amide bonds. The summed E-state index contributed by atoms with van der Waals surface area (Å²) in [7, 11) is 0. The van der Waals surface area contributed by atoms with Crippen LogP contribution in [0.4, 0.5) is 0 Å². The summed E-state index contributed by atoms with van der Waals surface area (Å²) in [6, 6.07) is 1.32. The van der Waals surface area contributed by atoms with Gasteiger partial charge in [0.2, 0.25) is 5.88 Å². The highest BCUT2D eigenvalue weighted by atomic mass is 16.5. The number of rotatable bonds is 2. The van der Waals surface area contributed by atoms with Crippen molar-refractivity contribution in [1.29, 1.82) is 0 Å². The van der Waals surface area contributed by atoms with Crippen molar-refractivity contribution in [2.24, 2.45) is 0 Å². The largest absolute Gasteiger partial charge is 0.507 e. The van der Waals surface area contributed by atoms with Crippen LogP contribution in [0.1, 0.15) is 60.5 Å². The molecule has 1 fully saturated rings. The number of benzene rings is 3. The molecule has 2 bridgehead atoms. The first-order chi connectivity index (χ1) is 21.4. The van der Waals surface area contributed by atoms with Crippen LogP contribution < -0.4 is 10.9 Å². The molecule has 3 aromatic carbocycles. The molecule has 1 spiro atoms. The molecular weight excluding hydrogens is 590 g/mol. The second kappa shape index (κ2) is 8.86. The lowest BCUT2D eigenvalue weighted by atomic mass is 9.63. The molecule has 6 N–H and O–H groups in total. The molecule has 232 valence electrons. The summed E-state index contributed by atoms with van der Waals surface area (Å²) in [4.78, 5) is 55.5. The molecule has 8 rings (SSSR count). The van der Waals surface area contributed by atoms with Crippen LogP contribution >= 0.6 is 0 Å². The fourth-order valence-corrected chi connectivity index (χ4v) is 8.40. The first-order valence-electron chi connectivity index (χ1n) is 14.4. The van der Waals surface area contributed by atoms with Crippen LogP contribution in [-0.4, -0.2) is 91.2 Å². The number of esters is 1. The molecule has 3 heterocycles. The summed E-state index contributed by atoms with van der Waals surface area (Å²) in [6.45, 7) is 1.81. The van der Waals surface area contributed by atoms with Crippen LogP contribution in [0.3, 0.4) is 0 Å². The highest BCUT2D eigenvalue weighted by Crippen LogP contribution is 2.60. The molecule has 0 unspecified atom stereocenters. The van der Waals surface area contributed by atoms with Crippen LogP contribution in [0, 0.1) is 13.8 Å². The Bertz CT molecular complexity index is 2170. The van der Waals surface area contributed by atoms with Crippen LogP contribution in [0.5, 0.6) is 11.6 Å². The molecule has 4 aromatic rings. The minimum atomic E-state index is -1.74. The molecular formula is C32H27NO12. The topological polar surface area (TPSA) is 213 Å². The predicted octanol–water partition coefficient (Wildman–Crippen LogP) is -0.254. The highest BCUT2D eigenvalue weighted by Gasteiger charge is 2.65. The van der Waals surface area contributed by atoms with Crippen LogP contribution in [-0.2, 0) is 14.9 Å². The van der Waals surface area contributed by atoms with Crippen LogP contribution in [0.15, 0.2) is 27.9 Å². The Labute approximate surface area is 252 Å². The number of pyridine rings is 1. The molecule has 13 nitrogen and oxygen atoms in total. The summed E-state index contributed by atoms with van der Waals surface area (Å²) in [5.74, 6) is -3.84. The Kier molecular flexibility index (Phi) is 5.53. The van der Waals surface area contributed by atoms with E-state index >= 15 is 0 Å². The van der Waals surface area contributed by atoms with Gasteiger partial charge in [0.25, 0.3) is 0 Å². The quantitative estimate of drug-likeness (QED) is 0.161. The van der Waals surface area contributed by atoms with Crippen molar-refractivity contribution in [1.82, 2.24) is 4.57 Å². The molecule has 1 aromatic heterocycles. The zero-order valence-corrected chi connectivity index (χ0v) is 23.9. The average Bonchev–Trinajstić information content (AvgIpc) is 3.17. The van der Waals surface area contributed by atoms with Gasteiger partial charge in [-0.3, -0.25) is 14.4 Å². The fourth-order valence-electron chi connectivity index (χ4n) is 8.40. The zero-order valence-electron chi connectivity index (χ0n) is 23.9. The lowest BCUT2D eigenvalue weighted by molar-refractivity contribution is -0.170. The van der Waals surface area contributed by atoms with Crippen molar-refractivity contribution in [3.05, 3.63) is 77.7 Å². The van der Waals surface area contributed by atoms with E-state index in [0.29, 0.717) is 16.5 Å². The molecule has 13 heteroatoms. The third-order valence-corrected chi connectivity index (χ3v) is 10.3. The van der Waals surface area contributed by atoms with Crippen molar-refractivity contribution >= 4 is 33.3 Å². The normalized spacial score (nSPS) is 30.1. The van der Waals surface area contributed by atoms with Crippen molar-refractivity contribution in [3.63, 3.8) is 0 Å². The number of aryl methyl sites for hydroxylation is 2. The number of hydrogen-bond donors (Lipinski definition) is 6. The van der Waals surface area contributed by atoms with E-state index in [1.807, 2.05) is 0 Å². The van der Waals surface area contributed by atoms with Crippen LogP contribution in [0.25, 0.3) is 21.5 Å². The Balaban J connectivity index is 1.53. The fraction of sp³-hybridized carbons (Fsp3) is 0.375. The number of aliphatic hydroxyl groups excluding tert-OH is 4. The van der Waals surface area contributed by atoms with Crippen molar-refractivity contribution in [2.45, 2.75) is 55.6 Å². The minimum absolute atomic E-state index is 0.0158. The van der Waals surface area contributed by atoms with E-state index < -0.39 is 89.2 Å². The number of ether oxygens (including phenoxy) is 2. The monoisotopic (exact) mass is 617 g/mol. The maximum atomic E-state index is 14.8. The van der Waals surface area contributed by atoms with E-state index in [9.17, 15) is 49.8 Å². The Morgan fingerprint density at radius 1 is 0.933 bits per heavy atom. The number of aromatic nitrogens is 1. The number of Topliss-reactive ketones (excluding diaryl/α,β-unsaturated/α-hetero) is 1. The van der Waals surface area contributed by atoms with Gasteiger partial charge in [-0.25, -0.2) is 4.79 Å². The van der Waals surface area contributed by atoms with Gasteiger partial charge in [0.05, 0.1) is 42.1 Å². The number of aromatic hydroxyl groups is 2. The zero-order chi connectivity index (χ0) is 32.0. The summed E-state index contributed by atoms with van der Waals surface area (Å²) >= 11 is 0. The van der Waals surface area contributed by atoms with Crippen molar-refractivity contribution in [2.75, 3.05) is 19.8 Å². The molecule has 45 heavy (non-hydrogen) atoms. The third kappa shape index (κ3) is 3.09. The third-order valence-electron chi connectivity index (χ3n) is 10.3. The van der Waals surface area contributed by atoms with Gasteiger partial charge in [-0.1, -0.05) is 0 Å². The van der Waals surface area contributed by atoms with E-state index in [2.05, 4.69) is 0 Å². The molecule has 2 aliphatic carbocycles. The predicted molar refractivity (Wildman–Crippen MR) is 154 cm³/mol. The molecule has 7 atom stereocenters. The Morgan fingerprint density at radius 2 is 1.67 bits per heavy atom. The lowest BCUT2D eigenvalue weighted by Crippen LogP contribution is -2.53. The number of phenolic OH excluding ortho intramolecular Hbond substituents is 1. The number of hydrogen-bond acceptors (Lipinski definition) is 12. The van der Waals surface area contributed by atoms with E-state index in [0.717, 1.165) is 4.57 Å². The minimum Gasteiger partial charge on any atom is -0.507 e. The number of carbonyl (C=O) groups excluding carboxylic acids is 2. The van der Waals surface area contributed by atoms with E-state index in [1.54, 1.807) is 13.8 Å². The number of nitrogens with zero attached hydrogens (tertiary/aromatic N) is 1. The first kappa shape index (κ1) is 28.1. The summed E-state index contributed by atoms with van der Waals surface area (Å²) in [6.07, 6.45) is -4.58. The van der Waals surface area contributed by atoms with Gasteiger partial charge in [-0.15, -0.1) is 0 Å². The highest BCUT2D eigenvalue weighted by molar-refractivity contribution is 6.19. The Hall–Kier alpha value is -4.40. The van der Waals surface area contributed by atoms with Gasteiger partial charge in [0.1, 0.15) is 36.2 Å². The van der Waals surface area contributed by atoms with Crippen LogP contribution in [0.2, 0.25) is 0 Å². The molecule has 1 saturated heterocycles. The standard InChI is InChI=1S/C32H27NO12/c1-9-3-13(35)19-18-11(5-33(30(19)42)12-7-44-15(6-34)27(39)26(12)38)25(37)24-21(16(9)18)22-28(40)17-10(2)4-14(36)20-23(17)32(24,29(22)41)8-45-31(20)43/h3-5,12,15,22,26-27,29,34,36,38-39,41-42H,6-8H2,1-2H3/t12-,15+,22-,26+,27+,29-,32-/m0/s1. The number of fused-ring (bicyclic) bond motifs is 4. The van der Waals surface area contributed by atoms with Gasteiger partial charge in [0, 0.05) is 28.1 Å². The second-order valence-electron chi connectivity index (χ2n) is 12.5. The maximum Gasteiger partial charge on any atom is 0.342 e. The maximum absolute atomic E-state index is 14.8. The van der Waals surface area contributed by atoms with Gasteiger partial charge >= 0.3 is 5.97 Å². The molecule has 0 saturated carbocycles. The summed E-state index contributed by atoms with van der Waals surface area (Å²) < 4.78 is 12.1. The molecule has 0 radical (unpaired) electrons. The van der Waals surface area contributed by atoms with Gasteiger partial charge in [-0.05, 0) is 53.6 Å². The molecule has 2 aliphatic heterocycles. The van der Waals surface area contributed by atoms with E-state index in [-0.39, 0.29) is 50.6 Å². The number of ketones is 1. The smallest absolute Gasteiger partial charge is 0.342 e. The Morgan fingerprint density at radius 3 is 2.38 bits per heavy atom. The summed E-state index contributed by atoms with van der Waals surface area (Å²) in [5, 5.41) is 65.3. The van der Waals surface area contributed by atoms with Gasteiger partial charge in [-0.2, -0.15) is 0 Å². The number of aliphatic hydroxyl groups is 4. The number of carbonyl (C=O) groups is 2. The van der Waals surface area contributed by atoms with E-state index in [4.69, 9.17) is 9.47 Å². The SMILES string of the molecule is Cc1cc(O)c2c3c1C(=O)[C@@H]1c4c(c(=O)c5cn([C@H]6CO[C@H](CO)[C@@H](O)[C@@H]6O)c(O)c6c(=O)cc(C)c4c56)[C@@]3(COC2=O)[C@H]1O. The first-order valence-corrected chi connectivity index (χ1v) is 14.4. The second-order valence-corrected chi connectivity index (χ2v) is 12.5. The number of cyclic esters (lactones) is 1. The number of phenols is 1. The lowest BCUT2D eigenvalue weighted by Gasteiger charge is -2.43. The van der Waals surface area contributed by atoms with Gasteiger partial charge in [0.15, 0.2) is 16.6 Å². The summed E-state index contributed by atoms with van der Waals surface area (Å²) in [5.41, 5.74) is -2.46. The van der Waals surface area contributed by atoms with Crippen molar-refractivity contribution < 1.29 is 49.7 Å². The average molecular weight is 618 g/mol. The van der Waals surface area contributed by atoms with E-state index in [1.165, 1.54) is 18.3 Å².